The molecule has 7 heteroatoms. The predicted molar refractivity (Wildman–Crippen MR) is 105 cm³/mol. The largest absolute Gasteiger partial charge is 0.354 e. The lowest BCUT2D eigenvalue weighted by atomic mass is 10.2. The average molecular weight is 367 g/mol. The van der Waals surface area contributed by atoms with E-state index in [4.69, 9.17) is 0 Å². The second-order valence-corrected chi connectivity index (χ2v) is 7.15. The Kier molecular flexibility index (Phi) is 5.12. The van der Waals surface area contributed by atoms with Crippen LogP contribution in [0.4, 0.5) is 0 Å². The monoisotopic (exact) mass is 367 g/mol. The first-order valence-corrected chi connectivity index (χ1v) is 9.09. The summed E-state index contributed by atoms with van der Waals surface area (Å²) < 4.78 is 3.31. The number of hydrogen-bond donors (Lipinski definition) is 1. The zero-order valence-electron chi connectivity index (χ0n) is 16.4. The van der Waals surface area contributed by atoms with Crippen LogP contribution in [0.5, 0.6) is 0 Å². The van der Waals surface area contributed by atoms with Gasteiger partial charge in [-0.3, -0.25) is 14.2 Å². The zero-order valence-corrected chi connectivity index (χ0v) is 16.4. The lowest BCUT2D eigenvalue weighted by Crippen LogP contribution is -2.31. The van der Waals surface area contributed by atoms with Crippen LogP contribution in [0.3, 0.4) is 0 Å². The number of fused-ring (bicyclic) bond motifs is 1. The van der Waals surface area contributed by atoms with Crippen molar-refractivity contribution < 1.29 is 4.79 Å². The van der Waals surface area contributed by atoms with Crippen molar-refractivity contribution >= 4 is 17.1 Å². The summed E-state index contributed by atoms with van der Waals surface area (Å²) in [5.74, 6) is -0.0824. The van der Waals surface area contributed by atoms with Crippen molar-refractivity contribution in [2.75, 3.05) is 0 Å². The molecule has 7 nitrogen and oxygen atoms in total. The third-order valence-corrected chi connectivity index (χ3v) is 4.44. The minimum absolute atomic E-state index is 0.0748. The predicted octanol–water partition coefficient (Wildman–Crippen LogP) is 2.19. The molecule has 3 aromatic rings. The van der Waals surface area contributed by atoms with Gasteiger partial charge in [0.15, 0.2) is 5.65 Å². The van der Waals surface area contributed by atoms with Crippen LogP contribution >= 0.6 is 0 Å². The van der Waals surface area contributed by atoms with E-state index in [9.17, 15) is 9.59 Å². The molecule has 142 valence electrons. The fraction of sp³-hybridized carbons (Fsp3) is 0.400. The highest BCUT2D eigenvalue weighted by Crippen LogP contribution is 2.19. The highest BCUT2D eigenvalue weighted by molar-refractivity contribution is 5.77. The van der Waals surface area contributed by atoms with E-state index in [0.29, 0.717) is 23.3 Å². The Bertz CT molecular complexity index is 1040. The third-order valence-electron chi connectivity index (χ3n) is 4.44. The van der Waals surface area contributed by atoms with Crippen molar-refractivity contribution in [2.24, 2.45) is 7.05 Å². The molecule has 0 aliphatic carbocycles. The first-order chi connectivity index (χ1) is 12.8. The maximum atomic E-state index is 12.8. The van der Waals surface area contributed by atoms with E-state index in [-0.39, 0.29) is 23.9 Å². The minimum atomic E-state index is -0.201. The summed E-state index contributed by atoms with van der Waals surface area (Å²) in [6.45, 7) is 7.71. The summed E-state index contributed by atoms with van der Waals surface area (Å²) >= 11 is 0. The first-order valence-electron chi connectivity index (χ1n) is 9.09. The molecular weight excluding hydrogens is 342 g/mol. The number of aryl methyl sites for hydroxylation is 4. The van der Waals surface area contributed by atoms with Crippen molar-refractivity contribution in [3.63, 3.8) is 0 Å². The molecule has 0 radical (unpaired) electrons. The summed E-state index contributed by atoms with van der Waals surface area (Å²) in [6, 6.07) is 8.02. The number of nitrogens with one attached hydrogen (secondary N) is 1. The van der Waals surface area contributed by atoms with Crippen LogP contribution in [-0.2, 0) is 18.3 Å². The Hall–Kier alpha value is -2.96. The number of rotatable bonds is 5. The Labute approximate surface area is 158 Å². The summed E-state index contributed by atoms with van der Waals surface area (Å²) in [5, 5.41) is 7.42. The number of hydrogen-bond acceptors (Lipinski definition) is 4. The second kappa shape index (κ2) is 7.34. The molecule has 1 aromatic carbocycles. The van der Waals surface area contributed by atoms with Gasteiger partial charge in [0.25, 0.3) is 5.56 Å². The van der Waals surface area contributed by atoms with Gasteiger partial charge in [-0.25, -0.2) is 9.67 Å². The summed E-state index contributed by atoms with van der Waals surface area (Å²) in [4.78, 5) is 29.3. The van der Waals surface area contributed by atoms with Gasteiger partial charge in [0.1, 0.15) is 11.2 Å². The van der Waals surface area contributed by atoms with Crippen LogP contribution in [-0.4, -0.2) is 31.3 Å². The molecule has 0 saturated heterocycles. The molecule has 0 saturated carbocycles. The maximum Gasteiger partial charge on any atom is 0.273 e. The molecule has 1 amide bonds. The van der Waals surface area contributed by atoms with Crippen LogP contribution in [0.25, 0.3) is 16.9 Å². The lowest BCUT2D eigenvalue weighted by Gasteiger charge is -2.10. The standard InChI is InChI=1S/C20H25N5O2/c1-12(2)21-17(26)11-10-16-20(27)24(5)19-18(22-16)14(4)23-25(19)15-8-6-13(3)7-9-15/h6-9,12H,10-11H2,1-5H3,(H,21,26). The molecule has 0 fully saturated rings. The fourth-order valence-electron chi connectivity index (χ4n) is 3.07. The number of benzene rings is 1. The molecule has 27 heavy (non-hydrogen) atoms. The van der Waals surface area contributed by atoms with Crippen LogP contribution in [0.1, 0.15) is 37.2 Å². The number of aromatic nitrogens is 4. The number of nitrogens with zero attached hydrogens (tertiary/aromatic N) is 4. The Balaban J connectivity index is 2.02. The summed E-state index contributed by atoms with van der Waals surface area (Å²) in [7, 11) is 1.72. The normalized spacial score (nSPS) is 11.3. The van der Waals surface area contributed by atoms with Gasteiger partial charge in [-0.15, -0.1) is 0 Å². The molecule has 2 aromatic heterocycles. The topological polar surface area (TPSA) is 81.8 Å². The number of carbonyl (C=O) groups excluding carboxylic acids is 1. The van der Waals surface area contributed by atoms with Crippen molar-refractivity contribution in [2.45, 2.75) is 46.6 Å². The van der Waals surface area contributed by atoms with E-state index >= 15 is 0 Å². The Morgan fingerprint density at radius 2 is 1.85 bits per heavy atom. The molecule has 2 heterocycles. The van der Waals surface area contributed by atoms with Gasteiger partial charge in [-0.2, -0.15) is 5.10 Å². The molecule has 0 spiro atoms. The smallest absolute Gasteiger partial charge is 0.273 e. The van der Waals surface area contributed by atoms with Gasteiger partial charge in [0.05, 0.1) is 11.4 Å². The lowest BCUT2D eigenvalue weighted by molar-refractivity contribution is -0.121. The Morgan fingerprint density at radius 1 is 1.19 bits per heavy atom. The van der Waals surface area contributed by atoms with Crippen molar-refractivity contribution in [1.29, 1.82) is 0 Å². The summed E-state index contributed by atoms with van der Waals surface area (Å²) in [5.41, 5.74) is 4.28. The van der Waals surface area contributed by atoms with Gasteiger partial charge in [0.2, 0.25) is 5.91 Å². The second-order valence-electron chi connectivity index (χ2n) is 7.15. The van der Waals surface area contributed by atoms with Gasteiger partial charge < -0.3 is 5.32 Å². The van der Waals surface area contributed by atoms with Gasteiger partial charge in [-0.05, 0) is 39.8 Å². The zero-order chi connectivity index (χ0) is 19.7. The van der Waals surface area contributed by atoms with Crippen molar-refractivity contribution in [1.82, 2.24) is 24.6 Å². The summed E-state index contributed by atoms with van der Waals surface area (Å²) in [6.07, 6.45) is 0.535. The Morgan fingerprint density at radius 3 is 2.48 bits per heavy atom. The van der Waals surface area contributed by atoms with E-state index in [1.807, 2.05) is 52.0 Å². The van der Waals surface area contributed by atoms with Crippen molar-refractivity contribution in [3.8, 4) is 5.69 Å². The van der Waals surface area contributed by atoms with Crippen LogP contribution in [0, 0.1) is 13.8 Å². The van der Waals surface area contributed by atoms with Gasteiger partial charge in [-0.1, -0.05) is 17.7 Å². The van der Waals surface area contributed by atoms with E-state index < -0.39 is 0 Å². The SMILES string of the molecule is Cc1ccc(-n2nc(C)c3nc(CCC(=O)NC(C)C)c(=O)n(C)c32)cc1. The molecular formula is C20H25N5O2. The van der Waals surface area contributed by atoms with Crippen LogP contribution in [0.15, 0.2) is 29.1 Å². The molecule has 0 atom stereocenters. The third kappa shape index (κ3) is 3.77. The van der Waals surface area contributed by atoms with Gasteiger partial charge in [0, 0.05) is 25.9 Å². The van der Waals surface area contributed by atoms with E-state index in [0.717, 1.165) is 16.9 Å². The number of carbonyl (C=O) groups is 1. The average Bonchev–Trinajstić information content (AvgIpc) is 2.93. The maximum absolute atomic E-state index is 12.8. The molecule has 0 unspecified atom stereocenters. The quantitative estimate of drug-likeness (QED) is 0.749. The molecule has 0 aliphatic heterocycles. The first kappa shape index (κ1) is 18.8. The van der Waals surface area contributed by atoms with E-state index in [1.54, 1.807) is 16.3 Å². The highest BCUT2D eigenvalue weighted by Gasteiger charge is 2.18. The fourth-order valence-corrected chi connectivity index (χ4v) is 3.07. The molecule has 3 rings (SSSR count). The number of amides is 1. The van der Waals surface area contributed by atoms with Crippen LogP contribution in [0.2, 0.25) is 0 Å². The molecule has 0 bridgehead atoms. The molecule has 1 N–H and O–H groups in total. The van der Waals surface area contributed by atoms with Gasteiger partial charge >= 0.3 is 0 Å². The van der Waals surface area contributed by atoms with E-state index in [1.165, 1.54) is 0 Å². The minimum Gasteiger partial charge on any atom is -0.354 e. The van der Waals surface area contributed by atoms with Crippen LogP contribution < -0.4 is 10.9 Å². The molecule has 0 aliphatic rings. The highest BCUT2D eigenvalue weighted by atomic mass is 16.1. The van der Waals surface area contributed by atoms with E-state index in [2.05, 4.69) is 15.4 Å². The van der Waals surface area contributed by atoms with Crippen molar-refractivity contribution in [3.05, 3.63) is 51.6 Å².